The molecule has 1 fully saturated rings. The first-order valence-electron chi connectivity index (χ1n) is 7.62. The maximum Gasteiger partial charge on any atom is 0.303 e. The molecule has 1 aromatic carbocycles. The van der Waals surface area contributed by atoms with E-state index in [1.54, 1.807) is 0 Å². The second kappa shape index (κ2) is 6.89. The minimum absolute atomic E-state index is 0.280. The Hall–Kier alpha value is -1.35. The SMILES string of the molecule is Cc1ccc(C(C)N2CCCCC2CCC(=O)O)cc1. The van der Waals surface area contributed by atoms with Gasteiger partial charge in [0.15, 0.2) is 0 Å². The van der Waals surface area contributed by atoms with E-state index in [2.05, 4.69) is 43.0 Å². The number of hydrogen-bond acceptors (Lipinski definition) is 2. The molecule has 20 heavy (non-hydrogen) atoms. The van der Waals surface area contributed by atoms with Gasteiger partial charge in [-0.15, -0.1) is 0 Å². The topological polar surface area (TPSA) is 40.5 Å². The summed E-state index contributed by atoms with van der Waals surface area (Å²) in [6, 6.07) is 9.49. The van der Waals surface area contributed by atoms with Crippen molar-refractivity contribution in [3.05, 3.63) is 35.4 Å². The van der Waals surface area contributed by atoms with Gasteiger partial charge in [0, 0.05) is 18.5 Å². The van der Waals surface area contributed by atoms with E-state index in [4.69, 9.17) is 5.11 Å². The van der Waals surface area contributed by atoms with E-state index in [0.717, 1.165) is 19.4 Å². The predicted molar refractivity (Wildman–Crippen MR) is 80.8 cm³/mol. The van der Waals surface area contributed by atoms with E-state index in [0.29, 0.717) is 12.1 Å². The number of carboxylic acids is 1. The molecule has 1 heterocycles. The molecule has 1 N–H and O–H groups in total. The number of likely N-dealkylation sites (tertiary alicyclic amines) is 1. The zero-order valence-electron chi connectivity index (χ0n) is 12.5. The monoisotopic (exact) mass is 275 g/mol. The molecule has 0 amide bonds. The molecular weight excluding hydrogens is 250 g/mol. The van der Waals surface area contributed by atoms with Crippen molar-refractivity contribution in [1.82, 2.24) is 4.90 Å². The summed E-state index contributed by atoms with van der Waals surface area (Å²) in [5.41, 5.74) is 2.61. The first-order valence-corrected chi connectivity index (χ1v) is 7.62. The van der Waals surface area contributed by atoms with Gasteiger partial charge in [0.2, 0.25) is 0 Å². The molecule has 0 bridgehead atoms. The van der Waals surface area contributed by atoms with Crippen LogP contribution in [0.15, 0.2) is 24.3 Å². The molecule has 110 valence electrons. The van der Waals surface area contributed by atoms with Crippen LogP contribution in [0, 0.1) is 6.92 Å². The van der Waals surface area contributed by atoms with Gasteiger partial charge in [-0.3, -0.25) is 9.69 Å². The summed E-state index contributed by atoms with van der Waals surface area (Å²) in [4.78, 5) is 13.3. The van der Waals surface area contributed by atoms with Crippen molar-refractivity contribution in [3.63, 3.8) is 0 Å². The van der Waals surface area contributed by atoms with Crippen LogP contribution in [-0.2, 0) is 4.79 Å². The van der Waals surface area contributed by atoms with Crippen molar-refractivity contribution in [2.75, 3.05) is 6.54 Å². The van der Waals surface area contributed by atoms with Crippen molar-refractivity contribution in [1.29, 1.82) is 0 Å². The van der Waals surface area contributed by atoms with Gasteiger partial charge in [0.25, 0.3) is 0 Å². The Morgan fingerprint density at radius 2 is 2.05 bits per heavy atom. The maximum atomic E-state index is 10.8. The van der Waals surface area contributed by atoms with Gasteiger partial charge in [-0.05, 0) is 45.2 Å². The molecule has 1 aliphatic heterocycles. The lowest BCUT2D eigenvalue weighted by Crippen LogP contribution is -2.41. The van der Waals surface area contributed by atoms with Gasteiger partial charge in [-0.1, -0.05) is 36.2 Å². The molecule has 0 aliphatic carbocycles. The van der Waals surface area contributed by atoms with Crippen molar-refractivity contribution in [3.8, 4) is 0 Å². The molecule has 0 radical (unpaired) electrons. The molecule has 3 heteroatoms. The van der Waals surface area contributed by atoms with Crippen LogP contribution in [0.4, 0.5) is 0 Å². The van der Waals surface area contributed by atoms with Crippen LogP contribution in [-0.4, -0.2) is 28.6 Å². The van der Waals surface area contributed by atoms with Crippen LogP contribution >= 0.6 is 0 Å². The summed E-state index contributed by atoms with van der Waals surface area (Å²) < 4.78 is 0. The Morgan fingerprint density at radius 3 is 2.70 bits per heavy atom. The van der Waals surface area contributed by atoms with Crippen LogP contribution in [0.2, 0.25) is 0 Å². The summed E-state index contributed by atoms with van der Waals surface area (Å²) >= 11 is 0. The Balaban J connectivity index is 2.06. The van der Waals surface area contributed by atoms with Gasteiger partial charge in [0.05, 0.1) is 0 Å². The van der Waals surface area contributed by atoms with Gasteiger partial charge in [0.1, 0.15) is 0 Å². The van der Waals surface area contributed by atoms with Crippen molar-refractivity contribution in [2.24, 2.45) is 0 Å². The average Bonchev–Trinajstić information content (AvgIpc) is 2.45. The Bertz CT molecular complexity index is 441. The summed E-state index contributed by atoms with van der Waals surface area (Å²) in [5.74, 6) is -0.682. The van der Waals surface area contributed by atoms with Gasteiger partial charge >= 0.3 is 5.97 Å². The first kappa shape index (κ1) is 15.0. The molecule has 1 aromatic rings. The molecular formula is C17H25NO2. The standard InChI is InChI=1S/C17H25NO2/c1-13-6-8-15(9-7-13)14(2)18-12-4-3-5-16(18)10-11-17(19)20/h6-9,14,16H,3-5,10-12H2,1-2H3,(H,19,20). The molecule has 3 nitrogen and oxygen atoms in total. The smallest absolute Gasteiger partial charge is 0.303 e. The molecule has 0 spiro atoms. The van der Waals surface area contributed by atoms with Gasteiger partial charge in [-0.2, -0.15) is 0 Å². The van der Waals surface area contributed by atoms with Gasteiger partial charge in [-0.25, -0.2) is 0 Å². The fraction of sp³-hybridized carbons (Fsp3) is 0.588. The van der Waals surface area contributed by atoms with E-state index in [1.807, 2.05) is 0 Å². The number of aliphatic carboxylic acids is 1. The van der Waals surface area contributed by atoms with Crippen LogP contribution in [0.25, 0.3) is 0 Å². The van der Waals surface area contributed by atoms with E-state index >= 15 is 0 Å². The highest BCUT2D eigenvalue weighted by Crippen LogP contribution is 2.30. The van der Waals surface area contributed by atoms with E-state index in [-0.39, 0.29) is 6.42 Å². The molecule has 1 saturated heterocycles. The molecule has 0 aromatic heterocycles. The van der Waals surface area contributed by atoms with Crippen LogP contribution in [0.3, 0.4) is 0 Å². The zero-order valence-corrected chi connectivity index (χ0v) is 12.5. The summed E-state index contributed by atoms with van der Waals surface area (Å²) in [5, 5.41) is 8.90. The number of benzene rings is 1. The van der Waals surface area contributed by atoms with Crippen molar-refractivity contribution in [2.45, 2.75) is 58.0 Å². The van der Waals surface area contributed by atoms with Gasteiger partial charge < -0.3 is 5.11 Å². The molecule has 2 rings (SSSR count). The Morgan fingerprint density at radius 1 is 1.35 bits per heavy atom. The zero-order chi connectivity index (χ0) is 14.5. The lowest BCUT2D eigenvalue weighted by Gasteiger charge is -2.40. The largest absolute Gasteiger partial charge is 0.481 e. The highest BCUT2D eigenvalue weighted by atomic mass is 16.4. The lowest BCUT2D eigenvalue weighted by atomic mass is 9.94. The molecule has 1 aliphatic rings. The van der Waals surface area contributed by atoms with E-state index in [1.165, 1.54) is 24.0 Å². The predicted octanol–water partition coefficient (Wildman–Crippen LogP) is 3.78. The minimum atomic E-state index is -0.682. The Kier molecular flexibility index (Phi) is 5.18. The number of aryl methyl sites for hydroxylation is 1. The first-order chi connectivity index (χ1) is 9.58. The van der Waals surface area contributed by atoms with Crippen molar-refractivity contribution < 1.29 is 9.90 Å². The number of carboxylic acid groups (broad SMARTS) is 1. The summed E-state index contributed by atoms with van der Waals surface area (Å²) in [6.07, 6.45) is 4.62. The number of carbonyl (C=O) groups is 1. The minimum Gasteiger partial charge on any atom is -0.481 e. The molecule has 2 atom stereocenters. The average molecular weight is 275 g/mol. The number of nitrogens with zero attached hydrogens (tertiary/aromatic N) is 1. The third-order valence-electron chi connectivity index (χ3n) is 4.42. The molecule has 0 saturated carbocycles. The normalized spacial score (nSPS) is 21.6. The lowest BCUT2D eigenvalue weighted by molar-refractivity contribution is -0.137. The Labute approximate surface area is 121 Å². The second-order valence-corrected chi connectivity index (χ2v) is 5.91. The third-order valence-corrected chi connectivity index (χ3v) is 4.42. The van der Waals surface area contributed by atoms with E-state index in [9.17, 15) is 4.79 Å². The summed E-state index contributed by atoms with van der Waals surface area (Å²) in [7, 11) is 0. The molecule has 2 unspecified atom stereocenters. The number of rotatable bonds is 5. The fourth-order valence-electron chi connectivity index (χ4n) is 3.17. The second-order valence-electron chi connectivity index (χ2n) is 5.91. The maximum absolute atomic E-state index is 10.8. The highest BCUT2D eigenvalue weighted by molar-refractivity contribution is 5.66. The fourth-order valence-corrected chi connectivity index (χ4v) is 3.17. The van der Waals surface area contributed by atoms with E-state index < -0.39 is 5.97 Å². The van der Waals surface area contributed by atoms with Crippen molar-refractivity contribution >= 4 is 5.97 Å². The summed E-state index contributed by atoms with van der Waals surface area (Å²) in [6.45, 7) is 5.42. The quantitative estimate of drug-likeness (QED) is 0.889. The van der Waals surface area contributed by atoms with Crippen LogP contribution in [0.1, 0.15) is 56.2 Å². The number of piperidine rings is 1. The highest BCUT2D eigenvalue weighted by Gasteiger charge is 2.27. The van der Waals surface area contributed by atoms with Crippen LogP contribution in [0.5, 0.6) is 0 Å². The number of hydrogen-bond donors (Lipinski definition) is 1. The van der Waals surface area contributed by atoms with Crippen LogP contribution < -0.4 is 0 Å². The third kappa shape index (κ3) is 3.83.